The number of carbonyl (C=O) groups excluding carboxylic acids is 2. The number of hydrogen-bond acceptors (Lipinski definition) is 4. The lowest BCUT2D eigenvalue weighted by Crippen LogP contribution is -2.53. The van der Waals surface area contributed by atoms with Gasteiger partial charge in [0.1, 0.15) is 5.82 Å². The largest absolute Gasteiger partial charge is 0.481 e. The lowest BCUT2D eigenvalue weighted by atomic mass is 9.84. The van der Waals surface area contributed by atoms with Gasteiger partial charge in [0.05, 0.1) is 12.7 Å². The van der Waals surface area contributed by atoms with Gasteiger partial charge in [-0.15, -0.1) is 0 Å². The van der Waals surface area contributed by atoms with Crippen LogP contribution in [0.1, 0.15) is 41.6 Å². The van der Waals surface area contributed by atoms with E-state index in [4.69, 9.17) is 4.74 Å². The molecule has 1 aromatic heterocycles. The second-order valence-corrected chi connectivity index (χ2v) is 7.71. The number of pyridine rings is 1. The number of ether oxygens (including phenoxy) is 1. The van der Waals surface area contributed by atoms with Crippen LogP contribution in [0, 0.1) is 5.82 Å². The van der Waals surface area contributed by atoms with Crippen molar-refractivity contribution in [2.45, 2.75) is 37.8 Å². The zero-order valence-corrected chi connectivity index (χ0v) is 16.4. The van der Waals surface area contributed by atoms with Gasteiger partial charge in [-0.2, -0.15) is 0 Å². The second-order valence-electron chi connectivity index (χ2n) is 7.71. The standard InChI is InChI=1S/C22H24FN3O3/c1-29-19-7-4-17(14-24-19)21(28)25-12-10-22(11-13-25)9-8-20(27)26(22)15-16-2-5-18(23)6-3-16/h2-7,14H,8-13,15H2,1H3. The van der Waals surface area contributed by atoms with Crippen molar-refractivity contribution in [3.8, 4) is 5.88 Å². The van der Waals surface area contributed by atoms with E-state index in [9.17, 15) is 14.0 Å². The second kappa shape index (κ2) is 7.81. The van der Waals surface area contributed by atoms with Gasteiger partial charge in [0.2, 0.25) is 11.8 Å². The highest BCUT2D eigenvalue weighted by atomic mass is 19.1. The SMILES string of the molecule is COc1ccc(C(=O)N2CCC3(CCC(=O)N3Cc3ccc(F)cc3)CC2)cn1. The molecule has 1 spiro atoms. The highest BCUT2D eigenvalue weighted by molar-refractivity contribution is 5.94. The summed E-state index contributed by atoms with van der Waals surface area (Å²) in [6.07, 6.45) is 4.35. The summed E-state index contributed by atoms with van der Waals surface area (Å²) >= 11 is 0. The lowest BCUT2D eigenvalue weighted by Gasteiger charge is -2.45. The van der Waals surface area contributed by atoms with E-state index in [1.165, 1.54) is 25.4 Å². The first-order chi connectivity index (χ1) is 14.0. The van der Waals surface area contributed by atoms with Gasteiger partial charge in [-0.3, -0.25) is 9.59 Å². The summed E-state index contributed by atoms with van der Waals surface area (Å²) in [5.41, 5.74) is 1.23. The van der Waals surface area contributed by atoms with Crippen molar-refractivity contribution in [1.29, 1.82) is 0 Å². The third-order valence-corrected chi connectivity index (χ3v) is 6.11. The minimum atomic E-state index is -0.281. The average Bonchev–Trinajstić information content (AvgIpc) is 3.05. The minimum absolute atomic E-state index is 0.0515. The smallest absolute Gasteiger partial charge is 0.255 e. The minimum Gasteiger partial charge on any atom is -0.481 e. The Bertz CT molecular complexity index is 891. The quantitative estimate of drug-likeness (QED) is 0.796. The fraction of sp³-hybridized carbons (Fsp3) is 0.409. The van der Waals surface area contributed by atoms with E-state index in [1.54, 1.807) is 24.3 Å². The van der Waals surface area contributed by atoms with Crippen LogP contribution in [0.25, 0.3) is 0 Å². The number of piperidine rings is 1. The van der Waals surface area contributed by atoms with Gasteiger partial charge in [0.15, 0.2) is 0 Å². The van der Waals surface area contributed by atoms with E-state index in [0.717, 1.165) is 24.8 Å². The molecular weight excluding hydrogens is 373 g/mol. The van der Waals surface area contributed by atoms with Gasteiger partial charge < -0.3 is 14.5 Å². The molecule has 0 saturated carbocycles. The molecule has 0 bridgehead atoms. The molecule has 0 atom stereocenters. The van der Waals surface area contributed by atoms with Crippen molar-refractivity contribution in [2.75, 3.05) is 20.2 Å². The van der Waals surface area contributed by atoms with Crippen LogP contribution >= 0.6 is 0 Å². The summed E-state index contributed by atoms with van der Waals surface area (Å²) in [6.45, 7) is 1.67. The average molecular weight is 397 g/mol. The lowest BCUT2D eigenvalue weighted by molar-refractivity contribution is -0.133. The Labute approximate surface area is 169 Å². The first-order valence-electron chi connectivity index (χ1n) is 9.85. The summed E-state index contributed by atoms with van der Waals surface area (Å²) < 4.78 is 18.2. The predicted octanol–water partition coefficient (Wildman–Crippen LogP) is 3.03. The number of amides is 2. The van der Waals surface area contributed by atoms with Crippen LogP contribution in [0.15, 0.2) is 42.6 Å². The molecule has 2 fully saturated rings. The fourth-order valence-corrected chi connectivity index (χ4v) is 4.36. The molecule has 4 rings (SSSR count). The zero-order valence-electron chi connectivity index (χ0n) is 16.4. The van der Waals surface area contributed by atoms with Crippen molar-refractivity contribution in [2.24, 2.45) is 0 Å². The maximum absolute atomic E-state index is 13.2. The molecule has 0 aliphatic carbocycles. The molecule has 1 aromatic carbocycles. The van der Waals surface area contributed by atoms with Crippen LogP contribution in [0.2, 0.25) is 0 Å². The summed E-state index contributed by atoms with van der Waals surface area (Å²) in [5.74, 6) is 0.272. The molecule has 2 saturated heterocycles. The molecule has 2 aliphatic rings. The van der Waals surface area contributed by atoms with Crippen molar-refractivity contribution >= 4 is 11.8 Å². The molecule has 0 radical (unpaired) electrons. The maximum Gasteiger partial charge on any atom is 0.255 e. The zero-order chi connectivity index (χ0) is 20.4. The number of likely N-dealkylation sites (tertiary alicyclic amines) is 2. The van der Waals surface area contributed by atoms with E-state index < -0.39 is 0 Å². The highest BCUT2D eigenvalue weighted by Gasteiger charge is 2.47. The summed E-state index contributed by atoms with van der Waals surface area (Å²) in [7, 11) is 1.54. The van der Waals surface area contributed by atoms with Gasteiger partial charge in [-0.05, 0) is 43.0 Å². The van der Waals surface area contributed by atoms with Crippen LogP contribution in [-0.4, -0.2) is 52.3 Å². The molecule has 6 nitrogen and oxygen atoms in total. The molecule has 0 N–H and O–H groups in total. The third-order valence-electron chi connectivity index (χ3n) is 6.11. The molecule has 2 aromatic rings. The van der Waals surface area contributed by atoms with Crippen LogP contribution in [0.4, 0.5) is 4.39 Å². The van der Waals surface area contributed by atoms with E-state index >= 15 is 0 Å². The summed E-state index contributed by atoms with van der Waals surface area (Å²) in [6, 6.07) is 9.70. The molecule has 7 heteroatoms. The number of carbonyl (C=O) groups is 2. The molecule has 2 amide bonds. The van der Waals surface area contributed by atoms with Gasteiger partial charge in [0.25, 0.3) is 5.91 Å². The Kier molecular flexibility index (Phi) is 5.22. The fourth-order valence-electron chi connectivity index (χ4n) is 4.36. The van der Waals surface area contributed by atoms with Crippen LogP contribution < -0.4 is 4.74 Å². The number of halogens is 1. The Morgan fingerprint density at radius 2 is 1.86 bits per heavy atom. The van der Waals surface area contributed by atoms with Crippen molar-refractivity contribution in [3.05, 3.63) is 59.5 Å². The van der Waals surface area contributed by atoms with Crippen LogP contribution in [0.5, 0.6) is 5.88 Å². The third kappa shape index (κ3) is 3.81. The van der Waals surface area contributed by atoms with Gasteiger partial charge in [-0.25, -0.2) is 9.37 Å². The Morgan fingerprint density at radius 3 is 2.48 bits per heavy atom. The van der Waals surface area contributed by atoms with Gasteiger partial charge in [-0.1, -0.05) is 12.1 Å². The van der Waals surface area contributed by atoms with Crippen molar-refractivity contribution in [3.63, 3.8) is 0 Å². The normalized spacial score (nSPS) is 18.3. The Hall–Kier alpha value is -2.96. The number of aromatic nitrogens is 1. The number of rotatable bonds is 4. The maximum atomic E-state index is 13.2. The predicted molar refractivity (Wildman–Crippen MR) is 105 cm³/mol. The molecular formula is C22H24FN3O3. The monoisotopic (exact) mass is 397 g/mol. The van der Waals surface area contributed by atoms with Gasteiger partial charge >= 0.3 is 0 Å². The first kappa shape index (κ1) is 19.4. The van der Waals surface area contributed by atoms with Crippen molar-refractivity contribution < 1.29 is 18.7 Å². The number of nitrogens with zero attached hydrogens (tertiary/aromatic N) is 3. The molecule has 29 heavy (non-hydrogen) atoms. The number of methoxy groups -OCH3 is 1. The highest BCUT2D eigenvalue weighted by Crippen LogP contribution is 2.40. The number of hydrogen-bond donors (Lipinski definition) is 0. The van der Waals surface area contributed by atoms with Crippen molar-refractivity contribution in [1.82, 2.24) is 14.8 Å². The first-order valence-corrected chi connectivity index (χ1v) is 9.85. The number of benzene rings is 1. The Morgan fingerprint density at radius 1 is 1.14 bits per heavy atom. The topological polar surface area (TPSA) is 62.7 Å². The Balaban J connectivity index is 1.44. The van der Waals surface area contributed by atoms with Crippen LogP contribution in [-0.2, 0) is 11.3 Å². The van der Waals surface area contributed by atoms with Gasteiger partial charge in [0, 0.05) is 43.9 Å². The molecule has 2 aliphatic heterocycles. The summed E-state index contributed by atoms with van der Waals surface area (Å²) in [5, 5.41) is 0. The molecule has 152 valence electrons. The van der Waals surface area contributed by atoms with E-state index in [0.29, 0.717) is 37.5 Å². The molecule has 0 unspecified atom stereocenters. The summed E-state index contributed by atoms with van der Waals surface area (Å²) in [4.78, 5) is 33.2. The van der Waals surface area contributed by atoms with E-state index in [2.05, 4.69) is 4.98 Å². The van der Waals surface area contributed by atoms with E-state index in [-0.39, 0.29) is 23.2 Å². The molecule has 3 heterocycles. The van der Waals surface area contributed by atoms with E-state index in [1.807, 2.05) is 9.80 Å². The van der Waals surface area contributed by atoms with Crippen LogP contribution in [0.3, 0.4) is 0 Å².